The van der Waals surface area contributed by atoms with Gasteiger partial charge in [0.1, 0.15) is 0 Å². The molecular formula is C12H25NO3S. The molecule has 1 aliphatic heterocycles. The zero-order valence-corrected chi connectivity index (χ0v) is 11.8. The van der Waals surface area contributed by atoms with Crippen LogP contribution in [0.5, 0.6) is 0 Å². The summed E-state index contributed by atoms with van der Waals surface area (Å²) >= 11 is 0. The maximum atomic E-state index is 12.0. The summed E-state index contributed by atoms with van der Waals surface area (Å²) in [5, 5.41) is 13.1. The molecule has 1 heterocycles. The first-order chi connectivity index (χ1) is 8.00. The van der Waals surface area contributed by atoms with Crippen LogP contribution in [-0.4, -0.2) is 52.2 Å². The molecule has 0 aliphatic carbocycles. The number of aliphatic hydroxyl groups is 1. The van der Waals surface area contributed by atoms with E-state index in [0.29, 0.717) is 24.8 Å². The monoisotopic (exact) mass is 263 g/mol. The summed E-state index contributed by atoms with van der Waals surface area (Å²) in [4.78, 5) is 0. The van der Waals surface area contributed by atoms with E-state index in [1.165, 1.54) is 0 Å². The van der Waals surface area contributed by atoms with E-state index in [1.807, 2.05) is 6.92 Å². The van der Waals surface area contributed by atoms with Crippen LogP contribution in [0.2, 0.25) is 0 Å². The largest absolute Gasteiger partial charge is 0.391 e. The van der Waals surface area contributed by atoms with Gasteiger partial charge in [0.25, 0.3) is 0 Å². The second-order valence-electron chi connectivity index (χ2n) is 5.16. The lowest BCUT2D eigenvalue weighted by atomic mass is 10.2. The summed E-state index contributed by atoms with van der Waals surface area (Å²) in [6, 6.07) is 0. The second kappa shape index (κ2) is 7.46. The molecule has 0 aromatic carbocycles. The third-order valence-electron chi connectivity index (χ3n) is 2.93. The average molecular weight is 263 g/mol. The van der Waals surface area contributed by atoms with E-state index in [4.69, 9.17) is 4.74 Å². The number of aliphatic hydroxyl groups excluding tert-OH is 1. The molecule has 2 N–H and O–H groups in total. The van der Waals surface area contributed by atoms with Crippen molar-refractivity contribution in [3.8, 4) is 0 Å². The summed E-state index contributed by atoms with van der Waals surface area (Å²) in [5.41, 5.74) is 0. The highest BCUT2D eigenvalue weighted by atomic mass is 32.2. The summed E-state index contributed by atoms with van der Waals surface area (Å²) in [6.45, 7) is 8.29. The molecule has 0 bridgehead atoms. The Morgan fingerprint density at radius 3 is 2.71 bits per heavy atom. The summed E-state index contributed by atoms with van der Waals surface area (Å²) < 4.78 is 17.4. The average Bonchev–Trinajstić information content (AvgIpc) is 2.63. The lowest BCUT2D eigenvalue weighted by Crippen LogP contribution is -2.36. The van der Waals surface area contributed by atoms with Gasteiger partial charge in [0.2, 0.25) is 0 Å². The van der Waals surface area contributed by atoms with E-state index in [-0.39, 0.29) is 11.4 Å². The van der Waals surface area contributed by atoms with Gasteiger partial charge < -0.3 is 15.2 Å². The number of rotatable bonds is 7. The van der Waals surface area contributed by atoms with Crippen molar-refractivity contribution in [3.63, 3.8) is 0 Å². The van der Waals surface area contributed by atoms with Crippen molar-refractivity contribution >= 4 is 10.8 Å². The number of hydrogen-bond donors (Lipinski definition) is 2. The zero-order chi connectivity index (χ0) is 12.8. The highest BCUT2D eigenvalue weighted by Gasteiger charge is 2.30. The lowest BCUT2D eigenvalue weighted by Gasteiger charge is -2.17. The molecule has 1 aliphatic rings. The Balaban J connectivity index is 2.21. The van der Waals surface area contributed by atoms with Gasteiger partial charge in [0, 0.05) is 24.0 Å². The van der Waals surface area contributed by atoms with Crippen molar-refractivity contribution in [2.24, 2.45) is 5.92 Å². The fraction of sp³-hybridized carbons (Fsp3) is 1.00. The molecule has 1 saturated heterocycles. The van der Waals surface area contributed by atoms with Gasteiger partial charge in [-0.05, 0) is 25.8 Å². The van der Waals surface area contributed by atoms with E-state index in [9.17, 15) is 9.32 Å². The minimum Gasteiger partial charge on any atom is -0.391 e. The highest BCUT2D eigenvalue weighted by molar-refractivity contribution is 7.85. The fourth-order valence-corrected chi connectivity index (χ4v) is 3.58. The van der Waals surface area contributed by atoms with Gasteiger partial charge in [0.05, 0.1) is 23.2 Å². The molecule has 17 heavy (non-hydrogen) atoms. The van der Waals surface area contributed by atoms with Crippen LogP contribution in [0.1, 0.15) is 27.2 Å². The van der Waals surface area contributed by atoms with Gasteiger partial charge in [0.15, 0.2) is 0 Å². The SMILES string of the molecule is CC(C)CNCC(O)CS(=O)C1CCOC1C. The predicted molar refractivity (Wildman–Crippen MR) is 70.5 cm³/mol. The van der Waals surface area contributed by atoms with Gasteiger partial charge in [-0.3, -0.25) is 4.21 Å². The Hall–Kier alpha value is 0.0300. The van der Waals surface area contributed by atoms with Crippen LogP contribution in [0.25, 0.3) is 0 Å². The molecule has 0 aromatic heterocycles. The van der Waals surface area contributed by atoms with E-state index in [1.54, 1.807) is 0 Å². The maximum Gasteiger partial charge on any atom is 0.0779 e. The molecule has 1 fully saturated rings. The molecule has 0 amide bonds. The van der Waals surface area contributed by atoms with Crippen LogP contribution < -0.4 is 5.32 Å². The summed E-state index contributed by atoms with van der Waals surface area (Å²) in [5.74, 6) is 0.916. The molecule has 0 aromatic rings. The first kappa shape index (κ1) is 15.1. The zero-order valence-electron chi connectivity index (χ0n) is 11.0. The van der Waals surface area contributed by atoms with Crippen LogP contribution in [-0.2, 0) is 15.5 Å². The van der Waals surface area contributed by atoms with Crippen LogP contribution in [0.4, 0.5) is 0 Å². The van der Waals surface area contributed by atoms with E-state index in [0.717, 1.165) is 13.0 Å². The standard InChI is InChI=1S/C12H25NO3S/c1-9(2)6-13-7-11(14)8-17(15)12-4-5-16-10(12)3/h9-14H,4-8H2,1-3H3. The van der Waals surface area contributed by atoms with E-state index >= 15 is 0 Å². The van der Waals surface area contributed by atoms with Crippen molar-refractivity contribution in [3.05, 3.63) is 0 Å². The first-order valence-electron chi connectivity index (χ1n) is 6.38. The number of hydrogen-bond acceptors (Lipinski definition) is 4. The molecule has 0 radical (unpaired) electrons. The van der Waals surface area contributed by atoms with Crippen molar-refractivity contribution in [2.45, 2.75) is 44.6 Å². The normalized spacial score (nSPS) is 28.5. The minimum atomic E-state index is -0.985. The highest BCUT2D eigenvalue weighted by Crippen LogP contribution is 2.19. The fourth-order valence-electron chi connectivity index (χ4n) is 1.97. The predicted octanol–water partition coefficient (Wildman–Crippen LogP) is 0.519. The molecule has 5 heteroatoms. The van der Waals surface area contributed by atoms with Crippen molar-refractivity contribution in [1.29, 1.82) is 0 Å². The van der Waals surface area contributed by atoms with E-state index < -0.39 is 16.9 Å². The van der Waals surface area contributed by atoms with Crippen molar-refractivity contribution in [2.75, 3.05) is 25.4 Å². The van der Waals surface area contributed by atoms with Gasteiger partial charge >= 0.3 is 0 Å². The Morgan fingerprint density at radius 2 is 2.18 bits per heavy atom. The van der Waals surface area contributed by atoms with Gasteiger partial charge in [-0.2, -0.15) is 0 Å². The van der Waals surface area contributed by atoms with Gasteiger partial charge in [-0.1, -0.05) is 13.8 Å². The first-order valence-corrected chi connectivity index (χ1v) is 7.76. The molecule has 4 unspecified atom stereocenters. The molecule has 4 atom stereocenters. The molecule has 0 spiro atoms. The molecule has 0 saturated carbocycles. The minimum absolute atomic E-state index is 0.0617. The number of ether oxygens (including phenoxy) is 1. The topological polar surface area (TPSA) is 58.6 Å². The van der Waals surface area contributed by atoms with Crippen LogP contribution >= 0.6 is 0 Å². The number of nitrogens with one attached hydrogen (secondary N) is 1. The van der Waals surface area contributed by atoms with Gasteiger partial charge in [-0.15, -0.1) is 0 Å². The van der Waals surface area contributed by atoms with Crippen molar-refractivity contribution < 1.29 is 14.1 Å². The Labute approximate surface area is 107 Å². The lowest BCUT2D eigenvalue weighted by molar-refractivity contribution is 0.126. The molecule has 102 valence electrons. The quantitative estimate of drug-likeness (QED) is 0.703. The second-order valence-corrected chi connectivity index (χ2v) is 6.86. The van der Waals surface area contributed by atoms with Crippen LogP contribution in [0.3, 0.4) is 0 Å². The Morgan fingerprint density at radius 1 is 1.47 bits per heavy atom. The molecule has 1 rings (SSSR count). The maximum absolute atomic E-state index is 12.0. The Kier molecular flexibility index (Phi) is 6.62. The molecule has 4 nitrogen and oxygen atoms in total. The van der Waals surface area contributed by atoms with E-state index in [2.05, 4.69) is 19.2 Å². The van der Waals surface area contributed by atoms with Crippen LogP contribution in [0.15, 0.2) is 0 Å². The summed E-state index contributed by atoms with van der Waals surface area (Å²) in [6.07, 6.45) is 0.383. The third kappa shape index (κ3) is 5.46. The van der Waals surface area contributed by atoms with Crippen molar-refractivity contribution in [1.82, 2.24) is 5.32 Å². The molecular weight excluding hydrogens is 238 g/mol. The van der Waals surface area contributed by atoms with Gasteiger partial charge in [-0.25, -0.2) is 0 Å². The smallest absolute Gasteiger partial charge is 0.0779 e. The summed E-state index contributed by atoms with van der Waals surface area (Å²) in [7, 11) is -0.985. The van der Waals surface area contributed by atoms with Crippen LogP contribution in [0, 0.1) is 5.92 Å². The Bertz CT molecular complexity index is 248. The third-order valence-corrected chi connectivity index (χ3v) is 4.94.